The highest BCUT2D eigenvalue weighted by molar-refractivity contribution is 6.31. The maximum absolute atomic E-state index is 13.6. The van der Waals surface area contributed by atoms with Crippen molar-refractivity contribution >= 4 is 23.0 Å². The minimum absolute atomic E-state index is 0.169. The summed E-state index contributed by atoms with van der Waals surface area (Å²) in [6, 6.07) is 10.4. The predicted molar refractivity (Wildman–Crippen MR) is 145 cm³/mol. The lowest BCUT2D eigenvalue weighted by atomic mass is 9.91. The second kappa shape index (κ2) is 9.67. The normalized spacial score (nSPS) is 14.7. The number of hydrogen-bond donors (Lipinski definition) is 3. The summed E-state index contributed by atoms with van der Waals surface area (Å²) in [6.07, 6.45) is 3.72. The van der Waals surface area contributed by atoms with Crippen LogP contribution in [-0.2, 0) is 0 Å². The first kappa shape index (κ1) is 26.1. The van der Waals surface area contributed by atoms with Crippen LogP contribution in [0.1, 0.15) is 85.5 Å². The molecule has 2 aromatic carbocycles. The van der Waals surface area contributed by atoms with Gasteiger partial charge in [0, 0.05) is 22.3 Å². The number of nitrogens with zero attached hydrogens (tertiary/aromatic N) is 2. The van der Waals surface area contributed by atoms with Gasteiger partial charge in [-0.3, -0.25) is 9.59 Å². The third-order valence-corrected chi connectivity index (χ3v) is 7.32. The number of amides is 1. The van der Waals surface area contributed by atoms with E-state index < -0.39 is 23.4 Å². The summed E-state index contributed by atoms with van der Waals surface area (Å²) < 4.78 is 15.0. The van der Waals surface area contributed by atoms with Crippen LogP contribution in [0.5, 0.6) is 0 Å². The number of hydrogen-bond acceptors (Lipinski definition) is 4. The van der Waals surface area contributed by atoms with Gasteiger partial charge in [0.2, 0.25) is 0 Å². The molecule has 0 unspecified atom stereocenters. The van der Waals surface area contributed by atoms with Gasteiger partial charge >= 0.3 is 0 Å². The average molecular weight is 537 g/mol. The number of fused-ring (bicyclic) bond motifs is 1. The Kier molecular flexibility index (Phi) is 6.65. The second-order valence-corrected chi connectivity index (χ2v) is 11.2. The first-order valence-electron chi connectivity index (χ1n) is 12.7. The van der Waals surface area contributed by atoms with Crippen molar-refractivity contribution in [2.24, 2.45) is 0 Å². The smallest absolute Gasteiger partial charge is 0.275 e. The van der Waals surface area contributed by atoms with Crippen LogP contribution in [0.4, 0.5) is 4.39 Å². The molecular weight excluding hydrogens is 507 g/mol. The summed E-state index contributed by atoms with van der Waals surface area (Å²) in [5, 5.41) is 19.0. The fraction of sp³-hybridized carbons (Fsp3) is 0.345. The zero-order valence-corrected chi connectivity index (χ0v) is 22.4. The van der Waals surface area contributed by atoms with Crippen molar-refractivity contribution in [3.8, 4) is 11.4 Å². The van der Waals surface area contributed by atoms with Gasteiger partial charge in [-0.15, -0.1) is 5.10 Å². The molecule has 0 spiro atoms. The average Bonchev–Trinajstić information content (AvgIpc) is 3.61. The Morgan fingerprint density at radius 3 is 2.50 bits per heavy atom. The van der Waals surface area contributed by atoms with Crippen LogP contribution in [0, 0.1) is 5.82 Å². The van der Waals surface area contributed by atoms with E-state index in [4.69, 9.17) is 11.6 Å². The molecule has 198 valence electrons. The van der Waals surface area contributed by atoms with E-state index in [0.717, 1.165) is 24.0 Å². The molecule has 2 heterocycles. The van der Waals surface area contributed by atoms with Gasteiger partial charge in [0.15, 0.2) is 5.82 Å². The molecule has 5 rings (SSSR count). The number of benzene rings is 2. The Morgan fingerprint density at radius 1 is 1.21 bits per heavy atom. The number of nitrogens with one attached hydrogen (secondary N) is 2. The fourth-order valence-electron chi connectivity index (χ4n) is 4.94. The number of rotatable bonds is 7. The van der Waals surface area contributed by atoms with E-state index in [9.17, 15) is 19.1 Å². The summed E-state index contributed by atoms with van der Waals surface area (Å²) >= 11 is 6.39. The van der Waals surface area contributed by atoms with Crippen LogP contribution in [0.25, 0.3) is 16.9 Å². The third kappa shape index (κ3) is 4.98. The molecule has 4 aromatic rings. The number of H-pyrrole nitrogens is 1. The van der Waals surface area contributed by atoms with Gasteiger partial charge < -0.3 is 15.4 Å². The Morgan fingerprint density at radius 2 is 1.89 bits per heavy atom. The van der Waals surface area contributed by atoms with Crippen molar-refractivity contribution in [1.29, 1.82) is 0 Å². The lowest BCUT2D eigenvalue weighted by Gasteiger charge is -2.30. The molecule has 1 atom stereocenters. The monoisotopic (exact) mass is 536 g/mol. The highest BCUT2D eigenvalue weighted by Gasteiger charge is 2.32. The predicted octanol–water partition coefficient (Wildman–Crippen LogP) is 5.72. The topological polar surface area (TPSA) is 99.5 Å². The van der Waals surface area contributed by atoms with Crippen LogP contribution in [0.2, 0.25) is 5.02 Å². The van der Waals surface area contributed by atoms with Gasteiger partial charge in [0.05, 0.1) is 17.2 Å². The summed E-state index contributed by atoms with van der Waals surface area (Å²) in [7, 11) is 0. The van der Waals surface area contributed by atoms with E-state index in [1.54, 1.807) is 20.0 Å². The number of carbonyl (C=O) groups excluding carboxylic acids is 1. The molecule has 9 heteroatoms. The summed E-state index contributed by atoms with van der Waals surface area (Å²) in [5.41, 5.74) is 1.73. The first-order chi connectivity index (χ1) is 17.9. The van der Waals surface area contributed by atoms with Crippen molar-refractivity contribution in [3.05, 3.63) is 92.1 Å². The van der Waals surface area contributed by atoms with Gasteiger partial charge in [-0.05, 0) is 80.0 Å². The van der Waals surface area contributed by atoms with Gasteiger partial charge in [0.25, 0.3) is 11.5 Å². The van der Waals surface area contributed by atoms with E-state index in [1.165, 1.54) is 28.8 Å². The molecule has 1 saturated carbocycles. The minimum atomic E-state index is -1.35. The SMILES string of the molecule is CC(C)c1c(C(=O)N[C@@H](c2ccc(F)cc2)C(C)(C)O)cn2nc(-c3ccc(Cl)c(C4CC4)c3)[nH]c(=O)c12. The fourth-order valence-corrected chi connectivity index (χ4v) is 5.21. The summed E-state index contributed by atoms with van der Waals surface area (Å²) in [5.74, 6) is -0.255. The summed E-state index contributed by atoms with van der Waals surface area (Å²) in [4.78, 5) is 29.8. The number of carbonyl (C=O) groups is 1. The Balaban J connectivity index is 1.57. The van der Waals surface area contributed by atoms with Crippen molar-refractivity contribution in [1.82, 2.24) is 19.9 Å². The molecule has 7 nitrogen and oxygen atoms in total. The van der Waals surface area contributed by atoms with Gasteiger partial charge in [-0.2, -0.15) is 0 Å². The maximum Gasteiger partial charge on any atom is 0.275 e. The van der Waals surface area contributed by atoms with Crippen LogP contribution < -0.4 is 10.9 Å². The molecule has 38 heavy (non-hydrogen) atoms. The molecule has 0 bridgehead atoms. The van der Waals surface area contributed by atoms with Gasteiger partial charge in [-0.1, -0.05) is 37.6 Å². The lowest BCUT2D eigenvalue weighted by molar-refractivity contribution is 0.0343. The molecule has 0 saturated heterocycles. The summed E-state index contributed by atoms with van der Waals surface area (Å²) in [6.45, 7) is 6.94. The molecular formula is C29H30ClFN4O3. The molecule has 1 amide bonds. The minimum Gasteiger partial charge on any atom is -0.388 e. The van der Waals surface area contributed by atoms with Crippen molar-refractivity contribution in [3.63, 3.8) is 0 Å². The van der Waals surface area contributed by atoms with E-state index in [-0.39, 0.29) is 22.6 Å². The Labute approximate surface area is 224 Å². The number of aromatic amines is 1. The molecule has 2 aromatic heterocycles. The molecule has 3 N–H and O–H groups in total. The van der Waals surface area contributed by atoms with E-state index in [0.29, 0.717) is 27.9 Å². The molecule has 0 aliphatic heterocycles. The van der Waals surface area contributed by atoms with Crippen molar-refractivity contribution in [2.45, 2.75) is 64.0 Å². The van der Waals surface area contributed by atoms with Crippen LogP contribution >= 0.6 is 11.6 Å². The maximum atomic E-state index is 13.6. The van der Waals surface area contributed by atoms with Crippen molar-refractivity contribution in [2.75, 3.05) is 0 Å². The zero-order valence-electron chi connectivity index (χ0n) is 21.7. The van der Waals surface area contributed by atoms with Crippen molar-refractivity contribution < 1.29 is 14.3 Å². The molecule has 1 aliphatic rings. The van der Waals surface area contributed by atoms with Gasteiger partial charge in [0.1, 0.15) is 11.3 Å². The molecule has 0 radical (unpaired) electrons. The van der Waals surface area contributed by atoms with Crippen LogP contribution in [0.15, 0.2) is 53.5 Å². The lowest BCUT2D eigenvalue weighted by Crippen LogP contribution is -2.42. The van der Waals surface area contributed by atoms with E-state index >= 15 is 0 Å². The van der Waals surface area contributed by atoms with E-state index in [2.05, 4.69) is 15.4 Å². The standard InChI is InChI=1S/C29H30ClFN4O3/c1-15(2)23-21(27(36)32-25(29(3,4)38)17-7-10-19(31)11-8-17)14-35-24(23)28(37)33-26(34-35)18-9-12-22(30)20(13-18)16-5-6-16/h7-16,25,38H,5-6H2,1-4H3,(H,32,36)(H,33,34,37)/t25-/m0/s1. The quantitative estimate of drug-likeness (QED) is 0.281. The first-order valence-corrected chi connectivity index (χ1v) is 13.1. The highest BCUT2D eigenvalue weighted by atomic mass is 35.5. The second-order valence-electron chi connectivity index (χ2n) is 10.8. The number of halogens is 2. The Bertz CT molecular complexity index is 1580. The number of aliphatic hydroxyl groups is 1. The third-order valence-electron chi connectivity index (χ3n) is 6.97. The van der Waals surface area contributed by atoms with Crippen LogP contribution in [-0.4, -0.2) is 31.2 Å². The number of aromatic nitrogens is 3. The largest absolute Gasteiger partial charge is 0.388 e. The highest BCUT2D eigenvalue weighted by Crippen LogP contribution is 2.44. The zero-order chi connectivity index (χ0) is 27.4. The van der Waals surface area contributed by atoms with Crippen LogP contribution in [0.3, 0.4) is 0 Å². The Hall–Kier alpha value is -3.49. The molecule has 1 aliphatic carbocycles. The van der Waals surface area contributed by atoms with Gasteiger partial charge in [-0.25, -0.2) is 8.91 Å². The molecule has 1 fully saturated rings. The van der Waals surface area contributed by atoms with E-state index in [1.807, 2.05) is 32.0 Å².